The summed E-state index contributed by atoms with van der Waals surface area (Å²) in [5, 5.41) is 14.3. The Bertz CT molecular complexity index is 513. The lowest BCUT2D eigenvalue weighted by molar-refractivity contribution is -0.143. The Kier molecular flexibility index (Phi) is 15.5. The summed E-state index contributed by atoms with van der Waals surface area (Å²) in [7, 11) is 0. The average molecular weight is 415 g/mol. The first-order valence-corrected chi connectivity index (χ1v) is 10.6. The van der Waals surface area contributed by atoms with Gasteiger partial charge in [-0.3, -0.25) is 14.4 Å². The molecule has 0 rings (SSSR count). The van der Waals surface area contributed by atoms with E-state index in [1.807, 2.05) is 0 Å². The van der Waals surface area contributed by atoms with Gasteiger partial charge < -0.3 is 27.2 Å². The predicted octanol–water partition coefficient (Wildman–Crippen LogP) is 1.19. The van der Waals surface area contributed by atoms with Gasteiger partial charge in [-0.1, -0.05) is 64.7 Å². The molecule has 0 unspecified atom stereocenters. The molecular formula is C20H38N4O5. The van der Waals surface area contributed by atoms with E-state index in [0.29, 0.717) is 6.54 Å². The molecule has 0 saturated heterocycles. The summed E-state index contributed by atoms with van der Waals surface area (Å²) in [5.41, 5.74) is 10.2. The highest BCUT2D eigenvalue weighted by Crippen LogP contribution is 2.10. The number of carbonyl (C=O) groups excluding carboxylic acids is 3. The monoisotopic (exact) mass is 414 g/mol. The van der Waals surface area contributed by atoms with Crippen molar-refractivity contribution in [2.45, 2.75) is 96.1 Å². The Morgan fingerprint density at radius 3 is 1.66 bits per heavy atom. The molecule has 0 heterocycles. The third kappa shape index (κ3) is 15.4. The van der Waals surface area contributed by atoms with Crippen molar-refractivity contribution in [3.8, 4) is 0 Å². The van der Waals surface area contributed by atoms with Gasteiger partial charge in [0.05, 0.1) is 18.9 Å². The van der Waals surface area contributed by atoms with Crippen molar-refractivity contribution in [3.63, 3.8) is 0 Å². The number of aliphatic carboxylic acids is 1. The van der Waals surface area contributed by atoms with E-state index in [1.54, 1.807) is 0 Å². The van der Waals surface area contributed by atoms with Crippen LogP contribution in [0.25, 0.3) is 0 Å². The Labute approximate surface area is 173 Å². The Morgan fingerprint density at radius 2 is 1.21 bits per heavy atom. The highest BCUT2D eigenvalue weighted by atomic mass is 16.4. The van der Waals surface area contributed by atoms with E-state index in [4.69, 9.17) is 16.6 Å². The van der Waals surface area contributed by atoms with Crippen LogP contribution in [0.15, 0.2) is 0 Å². The molecule has 168 valence electrons. The van der Waals surface area contributed by atoms with Crippen molar-refractivity contribution in [2.75, 3.05) is 6.54 Å². The van der Waals surface area contributed by atoms with Crippen molar-refractivity contribution in [1.82, 2.24) is 10.6 Å². The van der Waals surface area contributed by atoms with Crippen molar-refractivity contribution in [3.05, 3.63) is 0 Å². The van der Waals surface area contributed by atoms with E-state index < -0.39 is 42.2 Å². The van der Waals surface area contributed by atoms with E-state index in [1.165, 1.54) is 44.9 Å². The lowest BCUT2D eigenvalue weighted by Gasteiger charge is -2.20. The zero-order valence-electron chi connectivity index (χ0n) is 17.6. The first-order valence-electron chi connectivity index (χ1n) is 10.6. The van der Waals surface area contributed by atoms with Crippen LogP contribution in [-0.2, 0) is 19.2 Å². The molecule has 3 amide bonds. The molecule has 0 aromatic carbocycles. The molecule has 7 N–H and O–H groups in total. The standard InChI is InChI=1S/C20H38N4O5/c1-2-3-4-5-6-7-8-9-10-11-12-23-15(13-17(21)25)19(27)24-16(20(28)29)14-18(22)26/h15-16,23H,2-14H2,1H3,(H2,21,25)(H2,22,26)(H,24,27)(H,28,29)/t15-,16-/m0/s1. The number of carboxylic acid groups (broad SMARTS) is 1. The molecule has 0 radical (unpaired) electrons. The number of unbranched alkanes of at least 4 members (excludes halogenated alkanes) is 9. The number of rotatable bonds is 19. The van der Waals surface area contributed by atoms with Crippen LogP contribution in [0.2, 0.25) is 0 Å². The Hall–Kier alpha value is -2.16. The van der Waals surface area contributed by atoms with Crippen molar-refractivity contribution >= 4 is 23.7 Å². The maximum atomic E-state index is 12.3. The van der Waals surface area contributed by atoms with Crippen LogP contribution in [0.1, 0.15) is 84.0 Å². The van der Waals surface area contributed by atoms with Gasteiger partial charge >= 0.3 is 5.97 Å². The van der Waals surface area contributed by atoms with Crippen LogP contribution >= 0.6 is 0 Å². The van der Waals surface area contributed by atoms with Gasteiger partial charge in [-0.05, 0) is 13.0 Å². The second-order valence-corrected chi connectivity index (χ2v) is 7.43. The van der Waals surface area contributed by atoms with Crippen LogP contribution in [0, 0.1) is 0 Å². The summed E-state index contributed by atoms with van der Waals surface area (Å²) >= 11 is 0. The molecule has 0 aliphatic heterocycles. The average Bonchev–Trinajstić information content (AvgIpc) is 2.63. The molecule has 0 bridgehead atoms. The maximum absolute atomic E-state index is 12.3. The lowest BCUT2D eigenvalue weighted by Crippen LogP contribution is -2.52. The Balaban J connectivity index is 4.18. The predicted molar refractivity (Wildman–Crippen MR) is 111 cm³/mol. The molecule has 29 heavy (non-hydrogen) atoms. The molecule has 0 spiro atoms. The van der Waals surface area contributed by atoms with Gasteiger partial charge in [-0.25, -0.2) is 4.79 Å². The van der Waals surface area contributed by atoms with Crippen LogP contribution in [0.3, 0.4) is 0 Å². The Morgan fingerprint density at radius 1 is 0.759 bits per heavy atom. The molecule has 0 aromatic heterocycles. The van der Waals surface area contributed by atoms with Gasteiger partial charge in [-0.15, -0.1) is 0 Å². The van der Waals surface area contributed by atoms with Crippen LogP contribution < -0.4 is 22.1 Å². The van der Waals surface area contributed by atoms with E-state index in [0.717, 1.165) is 19.3 Å². The molecule has 9 nitrogen and oxygen atoms in total. The highest BCUT2D eigenvalue weighted by molar-refractivity contribution is 5.92. The first-order chi connectivity index (χ1) is 13.8. The van der Waals surface area contributed by atoms with E-state index in [2.05, 4.69) is 17.6 Å². The summed E-state index contributed by atoms with van der Waals surface area (Å²) < 4.78 is 0. The van der Waals surface area contributed by atoms with Gasteiger partial charge in [0.1, 0.15) is 6.04 Å². The molecule has 0 aromatic rings. The number of hydrogen-bond acceptors (Lipinski definition) is 5. The maximum Gasteiger partial charge on any atom is 0.326 e. The quantitative estimate of drug-likeness (QED) is 0.199. The highest BCUT2D eigenvalue weighted by Gasteiger charge is 2.27. The number of nitrogens with one attached hydrogen (secondary N) is 2. The van der Waals surface area contributed by atoms with Gasteiger partial charge in [0.25, 0.3) is 0 Å². The lowest BCUT2D eigenvalue weighted by atomic mass is 10.1. The van der Waals surface area contributed by atoms with Crippen LogP contribution in [-0.4, -0.2) is 47.4 Å². The van der Waals surface area contributed by atoms with Crippen LogP contribution in [0.4, 0.5) is 0 Å². The SMILES string of the molecule is CCCCCCCCCCCCN[C@@H](CC(N)=O)C(=O)N[C@@H](CC(N)=O)C(=O)O. The van der Waals surface area contributed by atoms with Crippen molar-refractivity contribution in [2.24, 2.45) is 11.5 Å². The minimum atomic E-state index is -1.44. The molecule has 0 fully saturated rings. The van der Waals surface area contributed by atoms with E-state index in [9.17, 15) is 19.2 Å². The van der Waals surface area contributed by atoms with Crippen molar-refractivity contribution < 1.29 is 24.3 Å². The third-order valence-corrected chi connectivity index (χ3v) is 4.66. The zero-order chi connectivity index (χ0) is 22.1. The van der Waals surface area contributed by atoms with E-state index in [-0.39, 0.29) is 6.42 Å². The number of primary amides is 2. The fourth-order valence-electron chi connectivity index (χ4n) is 3.02. The normalized spacial score (nSPS) is 12.9. The zero-order valence-corrected chi connectivity index (χ0v) is 17.6. The fraction of sp³-hybridized carbons (Fsp3) is 0.800. The third-order valence-electron chi connectivity index (χ3n) is 4.66. The van der Waals surface area contributed by atoms with Crippen molar-refractivity contribution in [1.29, 1.82) is 0 Å². The minimum Gasteiger partial charge on any atom is -0.480 e. The summed E-state index contributed by atoms with van der Waals surface area (Å²) in [6, 6.07) is -2.38. The summed E-state index contributed by atoms with van der Waals surface area (Å²) in [4.78, 5) is 45.6. The molecule has 0 saturated carbocycles. The number of hydrogen-bond donors (Lipinski definition) is 5. The minimum absolute atomic E-state index is 0.257. The summed E-state index contributed by atoms with van der Waals surface area (Å²) in [6.07, 6.45) is 11.0. The largest absolute Gasteiger partial charge is 0.480 e. The number of carboxylic acids is 1. The molecular weight excluding hydrogens is 376 g/mol. The first kappa shape index (κ1) is 26.8. The second-order valence-electron chi connectivity index (χ2n) is 7.43. The number of amides is 3. The fourth-order valence-corrected chi connectivity index (χ4v) is 3.02. The number of carbonyl (C=O) groups is 4. The molecule has 2 atom stereocenters. The smallest absolute Gasteiger partial charge is 0.326 e. The van der Waals surface area contributed by atoms with Gasteiger partial charge in [0, 0.05) is 0 Å². The second kappa shape index (κ2) is 16.8. The number of nitrogens with two attached hydrogens (primary N) is 2. The van der Waals surface area contributed by atoms with Gasteiger partial charge in [-0.2, -0.15) is 0 Å². The van der Waals surface area contributed by atoms with E-state index >= 15 is 0 Å². The van der Waals surface area contributed by atoms with Crippen LogP contribution in [0.5, 0.6) is 0 Å². The molecule has 9 heteroatoms. The molecule has 0 aliphatic rings. The van der Waals surface area contributed by atoms with Gasteiger partial charge in [0.15, 0.2) is 0 Å². The van der Waals surface area contributed by atoms with Gasteiger partial charge in [0.2, 0.25) is 17.7 Å². The topological polar surface area (TPSA) is 165 Å². The molecule has 0 aliphatic carbocycles. The summed E-state index contributed by atoms with van der Waals surface area (Å²) in [6.45, 7) is 2.71. The summed E-state index contributed by atoms with van der Waals surface area (Å²) in [5.74, 6) is -3.58.